The number of piperidine rings is 2. The molecule has 1 aromatic carbocycles. The van der Waals surface area contributed by atoms with Crippen LogP contribution in [0.3, 0.4) is 0 Å². The van der Waals surface area contributed by atoms with Gasteiger partial charge in [0.2, 0.25) is 0 Å². The molecule has 178 valence electrons. The maximum Gasteiger partial charge on any atom is 0.410 e. The van der Waals surface area contributed by atoms with Crippen LogP contribution in [0.15, 0.2) is 30.3 Å². The van der Waals surface area contributed by atoms with Gasteiger partial charge in [0.25, 0.3) is 0 Å². The molecule has 0 unspecified atom stereocenters. The lowest BCUT2D eigenvalue weighted by Crippen LogP contribution is -2.50. The molecule has 1 amide bonds. The molecule has 4 rings (SSSR count). The molecule has 0 radical (unpaired) electrons. The van der Waals surface area contributed by atoms with Crippen molar-refractivity contribution in [1.29, 1.82) is 0 Å². The molecule has 8 heteroatoms. The SMILES string of the molecule is O=C(OCc1ccccc1)N1CCC(N2CCC[C@@H](COCC3(C(F)(F)F)CC3)C2)CC1. The number of benzene rings is 1. The topological polar surface area (TPSA) is 42.0 Å². The minimum absolute atomic E-state index is 0.194. The zero-order valence-corrected chi connectivity index (χ0v) is 18.5. The number of halogens is 3. The van der Waals surface area contributed by atoms with Crippen molar-refractivity contribution in [2.75, 3.05) is 39.4 Å². The second-order valence-corrected chi connectivity index (χ2v) is 9.55. The Kier molecular flexibility index (Phi) is 7.30. The summed E-state index contributed by atoms with van der Waals surface area (Å²) in [5.41, 5.74) is -0.608. The van der Waals surface area contributed by atoms with E-state index in [0.717, 1.165) is 44.3 Å². The van der Waals surface area contributed by atoms with Crippen LogP contribution < -0.4 is 0 Å². The predicted molar refractivity (Wildman–Crippen MR) is 114 cm³/mol. The molecule has 0 aromatic heterocycles. The monoisotopic (exact) mass is 454 g/mol. The third-order valence-corrected chi connectivity index (χ3v) is 7.18. The molecule has 0 spiro atoms. The average molecular weight is 455 g/mol. The largest absolute Gasteiger partial charge is 0.445 e. The normalized spacial score (nSPS) is 24.3. The molecule has 1 aromatic rings. The van der Waals surface area contributed by atoms with Crippen molar-refractivity contribution in [3.8, 4) is 0 Å². The van der Waals surface area contributed by atoms with Gasteiger partial charge in [-0.05, 0) is 56.6 Å². The Balaban J connectivity index is 1.16. The fraction of sp³-hybridized carbons (Fsp3) is 0.708. The van der Waals surface area contributed by atoms with Crippen LogP contribution in [0.25, 0.3) is 0 Å². The first-order chi connectivity index (χ1) is 15.4. The summed E-state index contributed by atoms with van der Waals surface area (Å²) in [5, 5.41) is 0. The molecule has 3 fully saturated rings. The first-order valence-corrected chi connectivity index (χ1v) is 11.7. The Morgan fingerprint density at radius 3 is 2.44 bits per heavy atom. The van der Waals surface area contributed by atoms with Gasteiger partial charge < -0.3 is 14.4 Å². The summed E-state index contributed by atoms with van der Waals surface area (Å²) < 4.78 is 50.2. The van der Waals surface area contributed by atoms with Crippen molar-refractivity contribution in [3.05, 3.63) is 35.9 Å². The van der Waals surface area contributed by atoms with Crippen molar-refractivity contribution >= 4 is 6.09 Å². The van der Waals surface area contributed by atoms with E-state index in [1.165, 1.54) is 0 Å². The van der Waals surface area contributed by atoms with E-state index in [0.29, 0.717) is 25.7 Å². The Morgan fingerprint density at radius 1 is 1.06 bits per heavy atom. The number of likely N-dealkylation sites (tertiary alicyclic amines) is 2. The van der Waals surface area contributed by atoms with E-state index < -0.39 is 11.6 Å². The highest BCUT2D eigenvalue weighted by molar-refractivity contribution is 5.67. The van der Waals surface area contributed by atoms with Crippen molar-refractivity contribution in [2.24, 2.45) is 11.3 Å². The smallest absolute Gasteiger partial charge is 0.410 e. The van der Waals surface area contributed by atoms with Crippen LogP contribution in [0, 0.1) is 11.3 Å². The van der Waals surface area contributed by atoms with Gasteiger partial charge in [0.1, 0.15) is 6.61 Å². The number of alkyl halides is 3. The van der Waals surface area contributed by atoms with Gasteiger partial charge in [-0.1, -0.05) is 30.3 Å². The molecule has 0 bridgehead atoms. The lowest BCUT2D eigenvalue weighted by Gasteiger charge is -2.42. The van der Waals surface area contributed by atoms with E-state index in [2.05, 4.69) is 4.90 Å². The molecule has 1 saturated carbocycles. The van der Waals surface area contributed by atoms with Crippen molar-refractivity contribution in [2.45, 2.75) is 57.3 Å². The number of hydrogen-bond acceptors (Lipinski definition) is 4. The van der Waals surface area contributed by atoms with Gasteiger partial charge >= 0.3 is 12.3 Å². The summed E-state index contributed by atoms with van der Waals surface area (Å²) in [5.74, 6) is 0.279. The summed E-state index contributed by atoms with van der Waals surface area (Å²) in [6, 6.07) is 10.0. The van der Waals surface area contributed by atoms with Gasteiger partial charge in [-0.2, -0.15) is 13.2 Å². The minimum atomic E-state index is -4.15. The van der Waals surface area contributed by atoms with E-state index in [1.807, 2.05) is 30.3 Å². The van der Waals surface area contributed by atoms with Crippen molar-refractivity contribution in [3.63, 3.8) is 0 Å². The van der Waals surface area contributed by atoms with Crippen molar-refractivity contribution < 1.29 is 27.4 Å². The van der Waals surface area contributed by atoms with E-state index >= 15 is 0 Å². The molecule has 32 heavy (non-hydrogen) atoms. The molecular weight excluding hydrogens is 421 g/mol. The Morgan fingerprint density at radius 2 is 1.78 bits per heavy atom. The highest BCUT2D eigenvalue weighted by Gasteiger charge is 2.63. The van der Waals surface area contributed by atoms with Gasteiger partial charge in [0, 0.05) is 25.7 Å². The molecule has 1 aliphatic carbocycles. The lowest BCUT2D eigenvalue weighted by atomic mass is 9.94. The van der Waals surface area contributed by atoms with E-state index in [9.17, 15) is 18.0 Å². The third kappa shape index (κ3) is 5.76. The molecule has 3 aliphatic rings. The Hall–Kier alpha value is -1.80. The molecule has 0 N–H and O–H groups in total. The molecular formula is C24H33F3N2O3. The van der Waals surface area contributed by atoms with Gasteiger partial charge in [-0.15, -0.1) is 0 Å². The maximum atomic E-state index is 13.1. The highest BCUT2D eigenvalue weighted by atomic mass is 19.4. The molecule has 1 atom stereocenters. The molecule has 2 saturated heterocycles. The summed E-state index contributed by atoms with van der Waals surface area (Å²) >= 11 is 0. The fourth-order valence-corrected chi connectivity index (χ4v) is 4.87. The Labute approximate surface area is 187 Å². The van der Waals surface area contributed by atoms with Gasteiger partial charge in [-0.25, -0.2) is 4.79 Å². The summed E-state index contributed by atoms with van der Waals surface area (Å²) in [7, 11) is 0. The Bertz CT molecular complexity index is 747. The van der Waals surface area contributed by atoms with Crippen LogP contribution in [0.2, 0.25) is 0 Å². The van der Waals surface area contributed by atoms with Gasteiger partial charge in [0.05, 0.1) is 18.6 Å². The van der Waals surface area contributed by atoms with Crippen LogP contribution in [-0.4, -0.2) is 67.5 Å². The number of carbonyl (C=O) groups excluding carboxylic acids is 1. The number of carbonyl (C=O) groups is 1. The van der Waals surface area contributed by atoms with Gasteiger partial charge in [0.15, 0.2) is 0 Å². The number of ether oxygens (including phenoxy) is 2. The average Bonchev–Trinajstić information content (AvgIpc) is 3.60. The number of nitrogens with zero attached hydrogens (tertiary/aromatic N) is 2. The first kappa shape index (κ1) is 23.4. The second kappa shape index (κ2) is 10.00. The zero-order valence-electron chi connectivity index (χ0n) is 18.5. The number of rotatable bonds is 7. The summed E-state index contributed by atoms with van der Waals surface area (Å²) in [4.78, 5) is 16.6. The second-order valence-electron chi connectivity index (χ2n) is 9.55. The minimum Gasteiger partial charge on any atom is -0.445 e. The van der Waals surface area contributed by atoms with Gasteiger partial charge in [-0.3, -0.25) is 4.90 Å². The lowest BCUT2D eigenvalue weighted by molar-refractivity contribution is -0.202. The van der Waals surface area contributed by atoms with Crippen LogP contribution >= 0.6 is 0 Å². The van der Waals surface area contributed by atoms with Crippen LogP contribution in [0.5, 0.6) is 0 Å². The molecule has 5 nitrogen and oxygen atoms in total. The third-order valence-electron chi connectivity index (χ3n) is 7.18. The number of hydrogen-bond donors (Lipinski definition) is 0. The van der Waals surface area contributed by atoms with Crippen LogP contribution in [0.4, 0.5) is 18.0 Å². The summed E-state index contributed by atoms with van der Waals surface area (Å²) in [6.45, 7) is 3.70. The predicted octanol–water partition coefficient (Wildman–Crippen LogP) is 4.86. The molecule has 2 heterocycles. The van der Waals surface area contributed by atoms with Crippen molar-refractivity contribution in [1.82, 2.24) is 9.80 Å². The number of amides is 1. The zero-order chi connectivity index (χ0) is 22.6. The quantitative estimate of drug-likeness (QED) is 0.590. The first-order valence-electron chi connectivity index (χ1n) is 11.7. The standard InChI is InChI=1S/C24H33F3N2O3/c25-24(26,27)23(10-11-23)18-31-16-20-7-4-12-29(15-20)21-8-13-28(14-9-21)22(30)32-17-19-5-2-1-3-6-19/h1-3,5-6,20-21H,4,7-18H2/t20-/m1/s1. The molecule has 2 aliphatic heterocycles. The van der Waals surface area contributed by atoms with E-state index in [-0.39, 0.29) is 38.1 Å². The van der Waals surface area contributed by atoms with Crippen LogP contribution in [-0.2, 0) is 16.1 Å². The van der Waals surface area contributed by atoms with E-state index in [4.69, 9.17) is 9.47 Å². The highest BCUT2D eigenvalue weighted by Crippen LogP contribution is 2.57. The summed E-state index contributed by atoms with van der Waals surface area (Å²) in [6.07, 6.45) is -0.203. The maximum absolute atomic E-state index is 13.1. The van der Waals surface area contributed by atoms with Crippen LogP contribution in [0.1, 0.15) is 44.1 Å². The van der Waals surface area contributed by atoms with E-state index in [1.54, 1.807) is 4.90 Å². The fourth-order valence-electron chi connectivity index (χ4n) is 4.87.